The maximum atomic E-state index is 5.42. The first-order valence-electron chi connectivity index (χ1n) is 4.38. The number of aromatic nitrogens is 1. The zero-order valence-corrected chi connectivity index (χ0v) is 7.40. The van der Waals surface area contributed by atoms with E-state index in [4.69, 9.17) is 15.0 Å². The fourth-order valence-electron chi connectivity index (χ4n) is 1.34. The maximum absolute atomic E-state index is 5.42. The molecule has 1 aromatic heterocycles. The van der Waals surface area contributed by atoms with E-state index in [2.05, 4.69) is 10.1 Å². The SMILES string of the molecule is NCc1cc(N2CCOCC2)no1. The van der Waals surface area contributed by atoms with Crippen LogP contribution in [0.3, 0.4) is 0 Å². The quantitative estimate of drug-likeness (QED) is 0.697. The predicted molar refractivity (Wildman–Crippen MR) is 47.4 cm³/mol. The number of morpholine rings is 1. The van der Waals surface area contributed by atoms with Crippen molar-refractivity contribution in [3.63, 3.8) is 0 Å². The topological polar surface area (TPSA) is 64.5 Å². The summed E-state index contributed by atoms with van der Waals surface area (Å²) in [5.41, 5.74) is 5.42. The highest BCUT2D eigenvalue weighted by Gasteiger charge is 2.14. The summed E-state index contributed by atoms with van der Waals surface area (Å²) < 4.78 is 10.2. The molecule has 0 aliphatic carbocycles. The van der Waals surface area contributed by atoms with Gasteiger partial charge >= 0.3 is 0 Å². The molecule has 0 unspecified atom stereocenters. The van der Waals surface area contributed by atoms with Crippen LogP contribution in [0.2, 0.25) is 0 Å². The fraction of sp³-hybridized carbons (Fsp3) is 0.625. The van der Waals surface area contributed by atoms with Crippen molar-refractivity contribution in [1.29, 1.82) is 0 Å². The lowest BCUT2D eigenvalue weighted by Gasteiger charge is -2.25. The molecule has 5 heteroatoms. The molecule has 2 heterocycles. The molecule has 0 amide bonds. The normalized spacial score (nSPS) is 17.8. The van der Waals surface area contributed by atoms with Crippen LogP contribution in [0.5, 0.6) is 0 Å². The molecule has 1 aromatic rings. The molecule has 1 aliphatic rings. The molecule has 0 saturated carbocycles. The van der Waals surface area contributed by atoms with Crippen LogP contribution < -0.4 is 10.6 Å². The number of nitrogens with zero attached hydrogens (tertiary/aromatic N) is 2. The van der Waals surface area contributed by atoms with Crippen molar-refractivity contribution < 1.29 is 9.26 Å². The van der Waals surface area contributed by atoms with Crippen molar-refractivity contribution in [2.75, 3.05) is 31.2 Å². The Balaban J connectivity index is 2.05. The van der Waals surface area contributed by atoms with Crippen molar-refractivity contribution in [1.82, 2.24) is 5.16 Å². The molecule has 5 nitrogen and oxygen atoms in total. The summed E-state index contributed by atoms with van der Waals surface area (Å²) >= 11 is 0. The molecule has 2 rings (SSSR count). The van der Waals surface area contributed by atoms with Crippen LogP contribution in [-0.4, -0.2) is 31.5 Å². The van der Waals surface area contributed by atoms with E-state index in [-0.39, 0.29) is 0 Å². The smallest absolute Gasteiger partial charge is 0.172 e. The molecule has 1 saturated heterocycles. The lowest BCUT2D eigenvalue weighted by molar-refractivity contribution is 0.122. The van der Waals surface area contributed by atoms with Crippen molar-refractivity contribution in [2.24, 2.45) is 5.73 Å². The average Bonchev–Trinajstić information content (AvgIpc) is 2.67. The molecule has 13 heavy (non-hydrogen) atoms. The summed E-state index contributed by atoms with van der Waals surface area (Å²) in [6.45, 7) is 3.65. The third-order valence-electron chi connectivity index (χ3n) is 2.08. The maximum Gasteiger partial charge on any atom is 0.172 e. The molecule has 0 aromatic carbocycles. The molecular formula is C8H13N3O2. The van der Waals surface area contributed by atoms with Crippen LogP contribution in [0, 0.1) is 0 Å². The number of ether oxygens (including phenoxy) is 1. The van der Waals surface area contributed by atoms with E-state index < -0.39 is 0 Å². The van der Waals surface area contributed by atoms with Crippen molar-refractivity contribution in [2.45, 2.75) is 6.54 Å². The van der Waals surface area contributed by atoms with Gasteiger partial charge in [0.05, 0.1) is 19.8 Å². The van der Waals surface area contributed by atoms with Crippen LogP contribution in [0.4, 0.5) is 5.82 Å². The second-order valence-electron chi connectivity index (χ2n) is 2.95. The Labute approximate surface area is 76.4 Å². The third kappa shape index (κ3) is 1.81. The van der Waals surface area contributed by atoms with Gasteiger partial charge in [0.1, 0.15) is 0 Å². The highest BCUT2D eigenvalue weighted by atomic mass is 16.5. The van der Waals surface area contributed by atoms with Crippen LogP contribution in [0.15, 0.2) is 10.6 Å². The molecule has 1 fully saturated rings. The number of hydrogen-bond donors (Lipinski definition) is 1. The average molecular weight is 183 g/mol. The summed E-state index contributed by atoms with van der Waals surface area (Å²) in [6, 6.07) is 1.88. The molecule has 0 atom stereocenters. The van der Waals surface area contributed by atoms with Crippen LogP contribution in [-0.2, 0) is 11.3 Å². The second kappa shape index (κ2) is 3.76. The van der Waals surface area contributed by atoms with Gasteiger partial charge in [0.2, 0.25) is 0 Å². The van der Waals surface area contributed by atoms with Gasteiger partial charge in [0.25, 0.3) is 0 Å². The summed E-state index contributed by atoms with van der Waals surface area (Å²) in [7, 11) is 0. The largest absolute Gasteiger partial charge is 0.378 e. The Hall–Kier alpha value is -1.07. The number of anilines is 1. The van der Waals surface area contributed by atoms with Gasteiger partial charge in [-0.25, -0.2) is 0 Å². The second-order valence-corrected chi connectivity index (χ2v) is 2.95. The summed E-state index contributed by atoms with van der Waals surface area (Å²) in [5, 5.41) is 3.93. The van der Waals surface area contributed by atoms with E-state index in [1.54, 1.807) is 0 Å². The Morgan fingerprint density at radius 3 is 2.85 bits per heavy atom. The first-order chi connectivity index (χ1) is 6.40. The summed E-state index contributed by atoms with van der Waals surface area (Å²) in [5.74, 6) is 1.59. The predicted octanol–water partition coefficient (Wildman–Crippen LogP) is -0.0301. The van der Waals surface area contributed by atoms with E-state index >= 15 is 0 Å². The molecule has 2 N–H and O–H groups in total. The standard InChI is InChI=1S/C8H13N3O2/c9-6-7-5-8(10-13-7)11-1-3-12-4-2-11/h5H,1-4,6,9H2. The van der Waals surface area contributed by atoms with E-state index in [1.807, 2.05) is 6.07 Å². The van der Waals surface area contributed by atoms with Crippen LogP contribution >= 0.6 is 0 Å². The molecular weight excluding hydrogens is 170 g/mol. The number of nitrogens with two attached hydrogens (primary N) is 1. The fourth-order valence-corrected chi connectivity index (χ4v) is 1.34. The minimum absolute atomic E-state index is 0.400. The van der Waals surface area contributed by atoms with Gasteiger partial charge in [-0.3, -0.25) is 0 Å². The third-order valence-corrected chi connectivity index (χ3v) is 2.08. The van der Waals surface area contributed by atoms with Crippen molar-refractivity contribution in [3.8, 4) is 0 Å². The van der Waals surface area contributed by atoms with Gasteiger partial charge in [-0.1, -0.05) is 5.16 Å². The molecule has 1 aliphatic heterocycles. The Morgan fingerprint density at radius 1 is 1.46 bits per heavy atom. The van der Waals surface area contributed by atoms with Crippen LogP contribution in [0.25, 0.3) is 0 Å². The molecule has 0 bridgehead atoms. The molecule has 0 radical (unpaired) electrons. The van der Waals surface area contributed by atoms with E-state index in [9.17, 15) is 0 Å². The van der Waals surface area contributed by atoms with Gasteiger partial charge in [-0.05, 0) is 0 Å². The molecule has 72 valence electrons. The van der Waals surface area contributed by atoms with Crippen LogP contribution in [0.1, 0.15) is 5.76 Å². The minimum atomic E-state index is 0.400. The van der Waals surface area contributed by atoms with Gasteiger partial charge in [-0.15, -0.1) is 0 Å². The number of rotatable bonds is 2. The monoisotopic (exact) mass is 183 g/mol. The Bertz CT molecular complexity index is 268. The zero-order chi connectivity index (χ0) is 9.10. The van der Waals surface area contributed by atoms with Gasteiger partial charge in [0.15, 0.2) is 11.6 Å². The Kier molecular flexibility index (Phi) is 2.47. The summed E-state index contributed by atoms with van der Waals surface area (Å²) in [6.07, 6.45) is 0. The van der Waals surface area contributed by atoms with E-state index in [0.717, 1.165) is 37.9 Å². The van der Waals surface area contributed by atoms with Crippen molar-refractivity contribution >= 4 is 5.82 Å². The van der Waals surface area contributed by atoms with Crippen molar-refractivity contribution in [3.05, 3.63) is 11.8 Å². The Morgan fingerprint density at radius 2 is 2.23 bits per heavy atom. The van der Waals surface area contributed by atoms with Gasteiger partial charge in [-0.2, -0.15) is 0 Å². The lowest BCUT2D eigenvalue weighted by atomic mass is 10.4. The molecule has 0 spiro atoms. The van der Waals surface area contributed by atoms with Gasteiger partial charge in [0, 0.05) is 19.2 Å². The van der Waals surface area contributed by atoms with Gasteiger partial charge < -0.3 is 19.9 Å². The number of hydrogen-bond acceptors (Lipinski definition) is 5. The lowest BCUT2D eigenvalue weighted by Crippen LogP contribution is -2.36. The van der Waals surface area contributed by atoms with E-state index in [0.29, 0.717) is 6.54 Å². The minimum Gasteiger partial charge on any atom is -0.378 e. The summed E-state index contributed by atoms with van der Waals surface area (Å²) in [4.78, 5) is 2.13. The first kappa shape index (κ1) is 8.52. The highest BCUT2D eigenvalue weighted by molar-refractivity contribution is 5.38. The highest BCUT2D eigenvalue weighted by Crippen LogP contribution is 2.14. The first-order valence-corrected chi connectivity index (χ1v) is 4.38. The zero-order valence-electron chi connectivity index (χ0n) is 7.40. The van der Waals surface area contributed by atoms with E-state index in [1.165, 1.54) is 0 Å².